The Kier molecular flexibility index (Phi) is 5.26. The summed E-state index contributed by atoms with van der Waals surface area (Å²) >= 11 is 1.29. The Morgan fingerprint density at radius 1 is 1.03 bits per heavy atom. The third-order valence-corrected chi connectivity index (χ3v) is 6.65. The van der Waals surface area contributed by atoms with Crippen LogP contribution in [0.4, 0.5) is 5.69 Å². The molecule has 0 saturated carbocycles. The topological polar surface area (TPSA) is 86.2 Å². The van der Waals surface area contributed by atoms with Crippen molar-refractivity contribution in [1.82, 2.24) is 24.0 Å². The second kappa shape index (κ2) is 8.25. The molecule has 1 N–H and O–H groups in total. The van der Waals surface area contributed by atoms with Gasteiger partial charge >= 0.3 is 0 Å². The fraction of sp³-hybridized carbons (Fsp3) is 0.167. The number of hydrogen-bond acceptors (Lipinski definition) is 5. The molecule has 0 saturated heterocycles. The van der Waals surface area contributed by atoms with Crippen LogP contribution in [0.15, 0.2) is 70.6 Å². The predicted octanol–water partition coefficient (Wildman–Crippen LogP) is 3.72. The average molecular weight is 459 g/mol. The maximum Gasteiger partial charge on any atom is 0.295 e. The van der Waals surface area contributed by atoms with E-state index in [-0.39, 0.29) is 22.9 Å². The van der Waals surface area contributed by atoms with Crippen molar-refractivity contribution in [2.24, 2.45) is 7.05 Å². The lowest BCUT2D eigenvalue weighted by Gasteiger charge is -2.07. The Balaban J connectivity index is 1.40. The molecule has 0 unspecified atom stereocenters. The fourth-order valence-electron chi connectivity index (χ4n) is 3.99. The van der Waals surface area contributed by atoms with Gasteiger partial charge in [-0.1, -0.05) is 48.2 Å². The summed E-state index contributed by atoms with van der Waals surface area (Å²) in [7, 11) is 1.80. The zero-order valence-corrected chi connectivity index (χ0v) is 19.3. The Bertz CT molecular complexity index is 1570. The van der Waals surface area contributed by atoms with E-state index in [1.165, 1.54) is 11.8 Å². The normalized spacial score (nSPS) is 11.4. The minimum absolute atomic E-state index is 0.0993. The Morgan fingerprint density at radius 3 is 2.55 bits per heavy atom. The number of pyridine rings is 1. The molecule has 166 valence electrons. The van der Waals surface area contributed by atoms with E-state index in [1.54, 1.807) is 16.4 Å². The largest absolute Gasteiger partial charge is 0.319 e. The van der Waals surface area contributed by atoms with E-state index in [0.29, 0.717) is 10.9 Å². The van der Waals surface area contributed by atoms with Crippen molar-refractivity contribution in [3.63, 3.8) is 0 Å². The van der Waals surface area contributed by atoms with Crippen molar-refractivity contribution >= 4 is 39.9 Å². The molecule has 5 aromatic rings. The Morgan fingerprint density at radius 2 is 1.76 bits per heavy atom. The molecule has 0 bridgehead atoms. The number of benzene rings is 2. The molecule has 3 heterocycles. The molecule has 0 aliphatic heterocycles. The van der Waals surface area contributed by atoms with Crippen molar-refractivity contribution in [1.29, 1.82) is 0 Å². The van der Waals surface area contributed by atoms with Gasteiger partial charge in [-0.25, -0.2) is 4.68 Å². The number of para-hydroxylation sites is 2. The van der Waals surface area contributed by atoms with Gasteiger partial charge in [-0.15, -0.1) is 10.2 Å². The lowest BCUT2D eigenvalue weighted by atomic mass is 10.1. The van der Waals surface area contributed by atoms with Crippen LogP contribution in [0.5, 0.6) is 0 Å². The summed E-state index contributed by atoms with van der Waals surface area (Å²) in [6, 6.07) is 19.4. The molecule has 5 rings (SSSR count). The van der Waals surface area contributed by atoms with Crippen molar-refractivity contribution in [2.45, 2.75) is 19.0 Å². The van der Waals surface area contributed by atoms with Crippen molar-refractivity contribution < 1.29 is 4.79 Å². The highest BCUT2D eigenvalue weighted by Crippen LogP contribution is 2.26. The molecule has 0 aliphatic rings. The molecule has 1 amide bonds. The standard InChI is InChI=1S/C24H22N6O2S/c1-15-13-20-26-27-24(29(20)19-12-8-7-11-18(15)19)33-14-21(31)25-22-16(2)28(3)30(23(22)32)17-9-5-4-6-10-17/h4-13H,14H2,1-3H3,(H,25,31). The van der Waals surface area contributed by atoms with Crippen molar-refractivity contribution in [3.8, 4) is 5.69 Å². The van der Waals surface area contributed by atoms with Gasteiger partial charge in [0.15, 0.2) is 10.8 Å². The third-order valence-electron chi connectivity index (χ3n) is 5.72. The highest BCUT2D eigenvalue weighted by Gasteiger charge is 2.19. The monoisotopic (exact) mass is 458 g/mol. The van der Waals surface area contributed by atoms with E-state index in [2.05, 4.69) is 21.6 Å². The fourth-order valence-corrected chi connectivity index (χ4v) is 4.74. The van der Waals surface area contributed by atoms with E-state index in [0.717, 1.165) is 27.8 Å². The second-order valence-electron chi connectivity index (χ2n) is 7.79. The first-order valence-corrected chi connectivity index (χ1v) is 11.4. The average Bonchev–Trinajstić information content (AvgIpc) is 3.32. The van der Waals surface area contributed by atoms with Gasteiger partial charge in [0.2, 0.25) is 5.91 Å². The maximum atomic E-state index is 13.0. The third kappa shape index (κ3) is 3.60. The number of aryl methyl sites for hydroxylation is 1. The minimum atomic E-state index is -0.279. The summed E-state index contributed by atoms with van der Waals surface area (Å²) in [5, 5.41) is 13.1. The van der Waals surface area contributed by atoms with E-state index >= 15 is 0 Å². The van der Waals surface area contributed by atoms with Crippen LogP contribution in [0.3, 0.4) is 0 Å². The molecular weight excluding hydrogens is 436 g/mol. The predicted molar refractivity (Wildman–Crippen MR) is 130 cm³/mol. The van der Waals surface area contributed by atoms with E-state index < -0.39 is 0 Å². The molecule has 0 fully saturated rings. The van der Waals surface area contributed by atoms with Crippen LogP contribution in [0.1, 0.15) is 11.3 Å². The summed E-state index contributed by atoms with van der Waals surface area (Å²) in [4.78, 5) is 25.8. The zero-order valence-electron chi connectivity index (χ0n) is 18.4. The van der Waals surface area contributed by atoms with Gasteiger partial charge in [0, 0.05) is 12.4 Å². The molecule has 0 atom stereocenters. The number of rotatable bonds is 5. The molecule has 0 radical (unpaired) electrons. The summed E-state index contributed by atoms with van der Waals surface area (Å²) < 4.78 is 5.23. The van der Waals surface area contributed by atoms with Crippen LogP contribution in [0, 0.1) is 13.8 Å². The molecule has 2 aromatic carbocycles. The summed E-state index contributed by atoms with van der Waals surface area (Å²) in [6.45, 7) is 3.85. The first-order valence-electron chi connectivity index (χ1n) is 10.5. The number of hydrogen-bond donors (Lipinski definition) is 1. The number of anilines is 1. The smallest absolute Gasteiger partial charge is 0.295 e. The molecule has 9 heteroatoms. The number of carbonyl (C=O) groups is 1. The van der Waals surface area contributed by atoms with Gasteiger partial charge in [-0.05, 0) is 43.7 Å². The summed E-state index contributed by atoms with van der Waals surface area (Å²) in [6.07, 6.45) is 0. The van der Waals surface area contributed by atoms with Crippen LogP contribution in [-0.2, 0) is 11.8 Å². The molecule has 0 spiro atoms. The summed E-state index contributed by atoms with van der Waals surface area (Å²) in [5.41, 5.74) is 4.27. The molecule has 33 heavy (non-hydrogen) atoms. The van der Waals surface area contributed by atoms with E-state index in [4.69, 9.17) is 0 Å². The van der Waals surface area contributed by atoms with Crippen LogP contribution in [0.25, 0.3) is 22.2 Å². The minimum Gasteiger partial charge on any atom is -0.319 e. The number of thioether (sulfide) groups is 1. The van der Waals surface area contributed by atoms with Crippen LogP contribution in [0.2, 0.25) is 0 Å². The summed E-state index contributed by atoms with van der Waals surface area (Å²) in [5.74, 6) is -0.179. The lowest BCUT2D eigenvalue weighted by molar-refractivity contribution is -0.113. The first-order chi connectivity index (χ1) is 16.0. The van der Waals surface area contributed by atoms with Gasteiger partial charge < -0.3 is 5.32 Å². The van der Waals surface area contributed by atoms with Crippen LogP contribution in [-0.4, -0.2) is 35.6 Å². The zero-order chi connectivity index (χ0) is 23.1. The van der Waals surface area contributed by atoms with Gasteiger partial charge in [0.1, 0.15) is 5.69 Å². The van der Waals surface area contributed by atoms with Gasteiger partial charge in [-0.2, -0.15) is 0 Å². The molecular formula is C24H22N6O2S. The lowest BCUT2D eigenvalue weighted by Crippen LogP contribution is -2.23. The van der Waals surface area contributed by atoms with Crippen molar-refractivity contribution in [3.05, 3.63) is 82.3 Å². The number of fused-ring (bicyclic) bond motifs is 3. The second-order valence-corrected chi connectivity index (χ2v) is 8.74. The molecule has 8 nitrogen and oxygen atoms in total. The highest BCUT2D eigenvalue weighted by atomic mass is 32.2. The molecule has 0 aliphatic carbocycles. The number of nitrogens with one attached hydrogen (secondary N) is 1. The first kappa shape index (κ1) is 21.0. The van der Waals surface area contributed by atoms with Crippen molar-refractivity contribution in [2.75, 3.05) is 11.1 Å². The number of aromatic nitrogens is 5. The highest BCUT2D eigenvalue weighted by molar-refractivity contribution is 7.99. The van der Waals surface area contributed by atoms with Crippen LogP contribution < -0.4 is 10.9 Å². The van der Waals surface area contributed by atoms with Gasteiger partial charge in [-0.3, -0.25) is 18.7 Å². The number of carbonyl (C=O) groups excluding carboxylic acids is 1. The molecule has 3 aromatic heterocycles. The van der Waals surface area contributed by atoms with E-state index in [1.807, 2.05) is 72.8 Å². The quantitative estimate of drug-likeness (QED) is 0.406. The van der Waals surface area contributed by atoms with Gasteiger partial charge in [0.25, 0.3) is 5.56 Å². The van der Waals surface area contributed by atoms with E-state index in [9.17, 15) is 9.59 Å². The van der Waals surface area contributed by atoms with Crippen LogP contribution >= 0.6 is 11.8 Å². The Hall–Kier alpha value is -3.85. The SMILES string of the molecule is Cc1cc2nnc(SCC(=O)Nc3c(C)n(C)n(-c4ccccc4)c3=O)n2c2ccccc12. The number of nitrogens with zero attached hydrogens (tertiary/aromatic N) is 5. The Labute approximate surface area is 193 Å². The van der Waals surface area contributed by atoms with Gasteiger partial charge in [0.05, 0.1) is 22.7 Å². The number of amides is 1. The maximum absolute atomic E-state index is 13.0.